The minimum absolute atomic E-state index is 0.147. The van der Waals surface area contributed by atoms with Crippen LogP contribution in [0.3, 0.4) is 0 Å². The van der Waals surface area contributed by atoms with E-state index in [1.54, 1.807) is 0 Å². The molecule has 6 N–H and O–H groups in total. The van der Waals surface area contributed by atoms with E-state index < -0.39 is 49.5 Å². The number of aliphatic hydroxyl groups excluding tert-OH is 5. The largest absolute Gasteiger partial charge is 0.394 e. The molecule has 0 aromatic heterocycles. The monoisotopic (exact) mass is 644 g/mol. The highest BCUT2D eigenvalue weighted by Crippen LogP contribution is 2.23. The number of rotatable bonds is 29. The maximum atomic E-state index is 12.8. The summed E-state index contributed by atoms with van der Waals surface area (Å²) >= 11 is 0. The lowest BCUT2D eigenvalue weighted by Crippen LogP contribution is -2.60. The van der Waals surface area contributed by atoms with Crippen LogP contribution in [-0.2, 0) is 14.3 Å². The first-order valence-electron chi connectivity index (χ1n) is 18.4. The number of ether oxygens (including phenoxy) is 2. The van der Waals surface area contributed by atoms with Crippen LogP contribution in [0.25, 0.3) is 0 Å². The van der Waals surface area contributed by atoms with Crippen molar-refractivity contribution in [2.24, 2.45) is 0 Å². The summed E-state index contributed by atoms with van der Waals surface area (Å²) in [6.07, 6.45) is 20.9. The first-order chi connectivity index (χ1) is 21.8. The molecule has 0 saturated carbocycles. The maximum absolute atomic E-state index is 12.8. The van der Waals surface area contributed by atoms with Gasteiger partial charge in [-0.25, -0.2) is 0 Å². The molecule has 0 aromatic carbocycles. The Morgan fingerprint density at radius 2 is 1.24 bits per heavy atom. The number of hydrogen-bond acceptors (Lipinski definition) is 8. The summed E-state index contributed by atoms with van der Waals surface area (Å²) in [4.78, 5) is 12.8. The van der Waals surface area contributed by atoms with Gasteiger partial charge in [0.05, 0.1) is 25.4 Å². The molecule has 1 saturated heterocycles. The number of nitrogens with one attached hydrogen (secondary N) is 1. The lowest BCUT2D eigenvalue weighted by Gasteiger charge is -2.40. The summed E-state index contributed by atoms with van der Waals surface area (Å²) in [5.41, 5.74) is 0. The van der Waals surface area contributed by atoms with Crippen molar-refractivity contribution in [1.29, 1.82) is 0 Å². The normalized spacial score (nSPS) is 23.4. The van der Waals surface area contributed by atoms with E-state index in [0.717, 1.165) is 32.1 Å². The van der Waals surface area contributed by atoms with Gasteiger partial charge in [-0.2, -0.15) is 0 Å². The smallest absolute Gasteiger partial charge is 0.220 e. The number of amides is 1. The van der Waals surface area contributed by atoms with E-state index in [0.29, 0.717) is 19.3 Å². The van der Waals surface area contributed by atoms with Crippen LogP contribution in [0.1, 0.15) is 155 Å². The molecule has 0 aromatic rings. The summed E-state index contributed by atoms with van der Waals surface area (Å²) in [6, 6.07) is -0.726. The first-order valence-corrected chi connectivity index (χ1v) is 18.4. The Kier molecular flexibility index (Phi) is 26.1. The van der Waals surface area contributed by atoms with Gasteiger partial charge >= 0.3 is 0 Å². The van der Waals surface area contributed by atoms with Crippen LogP contribution in [-0.4, -0.2) is 87.5 Å². The van der Waals surface area contributed by atoms with Crippen LogP contribution in [0.5, 0.6) is 0 Å². The third-order valence-corrected chi connectivity index (χ3v) is 8.87. The second-order valence-electron chi connectivity index (χ2n) is 13.0. The summed E-state index contributed by atoms with van der Waals surface area (Å²) in [5.74, 6) is -0.182. The Bertz CT molecular complexity index is 721. The SMILES string of the molecule is CCCCCC/C=C\CCCC(=O)NC(COC1OC(CO)C(O)C(O)C1O)C(O)CCCCCCCCCCCCCCC. The number of allylic oxidation sites excluding steroid dienone is 2. The number of carbonyl (C=O) groups excluding carboxylic acids is 1. The van der Waals surface area contributed by atoms with Crippen molar-refractivity contribution in [2.75, 3.05) is 13.2 Å². The van der Waals surface area contributed by atoms with Gasteiger partial charge in [-0.1, -0.05) is 129 Å². The minimum atomic E-state index is -1.55. The fraction of sp³-hybridized carbons (Fsp3) is 0.917. The van der Waals surface area contributed by atoms with Crippen LogP contribution in [0, 0.1) is 0 Å². The molecular formula is C36H69NO8. The van der Waals surface area contributed by atoms with Crippen LogP contribution in [0.15, 0.2) is 12.2 Å². The zero-order valence-corrected chi connectivity index (χ0v) is 28.6. The second kappa shape index (κ2) is 28.0. The van der Waals surface area contributed by atoms with E-state index in [9.17, 15) is 30.3 Å². The third kappa shape index (κ3) is 20.0. The molecule has 1 aliphatic rings. The Balaban J connectivity index is 2.46. The molecule has 45 heavy (non-hydrogen) atoms. The average Bonchev–Trinajstić information content (AvgIpc) is 3.04. The zero-order chi connectivity index (χ0) is 33.1. The van der Waals surface area contributed by atoms with Gasteiger partial charge in [-0.05, 0) is 32.1 Å². The van der Waals surface area contributed by atoms with Crippen molar-refractivity contribution >= 4 is 5.91 Å². The number of unbranched alkanes of at least 4 members (excludes halogenated alkanes) is 17. The maximum Gasteiger partial charge on any atom is 0.220 e. The van der Waals surface area contributed by atoms with Gasteiger partial charge in [0.25, 0.3) is 0 Å². The standard InChI is InChI=1S/C36H69NO8/c1-3-5-7-9-11-13-14-15-16-18-19-21-23-25-30(39)29(28-44-36-35(43)34(42)33(41)31(27-38)45-36)37-32(40)26-24-22-20-17-12-10-8-6-4-2/h17,20,29-31,33-36,38-39,41-43H,3-16,18-19,21-28H2,1-2H3,(H,37,40)/b20-17-. The van der Waals surface area contributed by atoms with Crippen molar-refractivity contribution in [3.05, 3.63) is 12.2 Å². The average molecular weight is 644 g/mol. The fourth-order valence-corrected chi connectivity index (χ4v) is 5.81. The molecule has 9 nitrogen and oxygen atoms in total. The summed E-state index contributed by atoms with van der Waals surface area (Å²) in [7, 11) is 0. The van der Waals surface area contributed by atoms with E-state index in [4.69, 9.17) is 9.47 Å². The van der Waals surface area contributed by atoms with Crippen LogP contribution < -0.4 is 5.32 Å². The van der Waals surface area contributed by atoms with Crippen LogP contribution in [0.4, 0.5) is 0 Å². The van der Waals surface area contributed by atoms with Crippen molar-refractivity contribution < 1.29 is 39.8 Å². The molecule has 266 valence electrons. The Labute approximate surface area is 274 Å². The molecule has 7 unspecified atom stereocenters. The van der Waals surface area contributed by atoms with E-state index in [1.165, 1.54) is 89.9 Å². The predicted molar refractivity (Wildman–Crippen MR) is 180 cm³/mol. The molecule has 1 rings (SSSR count). The van der Waals surface area contributed by atoms with Crippen LogP contribution >= 0.6 is 0 Å². The molecule has 1 aliphatic heterocycles. The van der Waals surface area contributed by atoms with Gasteiger partial charge in [-0.15, -0.1) is 0 Å². The lowest BCUT2D eigenvalue weighted by molar-refractivity contribution is -0.302. The van der Waals surface area contributed by atoms with E-state index in [-0.39, 0.29) is 12.5 Å². The highest BCUT2D eigenvalue weighted by atomic mass is 16.7. The van der Waals surface area contributed by atoms with Gasteiger partial charge in [0.1, 0.15) is 24.4 Å². The molecule has 0 radical (unpaired) electrons. The lowest BCUT2D eigenvalue weighted by atomic mass is 9.99. The highest BCUT2D eigenvalue weighted by molar-refractivity contribution is 5.76. The Morgan fingerprint density at radius 1 is 0.733 bits per heavy atom. The van der Waals surface area contributed by atoms with Gasteiger partial charge in [0.15, 0.2) is 6.29 Å². The molecule has 9 heteroatoms. The molecule has 7 atom stereocenters. The quantitative estimate of drug-likeness (QED) is 0.0441. The van der Waals surface area contributed by atoms with Gasteiger partial charge in [0, 0.05) is 6.42 Å². The minimum Gasteiger partial charge on any atom is -0.394 e. The summed E-state index contributed by atoms with van der Waals surface area (Å²) in [5, 5.41) is 53.9. The zero-order valence-electron chi connectivity index (χ0n) is 28.6. The predicted octanol–water partition coefficient (Wildman–Crippen LogP) is 5.83. The van der Waals surface area contributed by atoms with Crippen molar-refractivity contribution in [3.8, 4) is 0 Å². The molecule has 1 fully saturated rings. The molecule has 0 spiro atoms. The number of hydrogen-bond donors (Lipinski definition) is 6. The van der Waals surface area contributed by atoms with Crippen molar-refractivity contribution in [3.63, 3.8) is 0 Å². The third-order valence-electron chi connectivity index (χ3n) is 8.87. The van der Waals surface area contributed by atoms with Crippen molar-refractivity contribution in [2.45, 2.75) is 198 Å². The molecule has 1 heterocycles. The fourth-order valence-electron chi connectivity index (χ4n) is 5.81. The van der Waals surface area contributed by atoms with Crippen LogP contribution in [0.2, 0.25) is 0 Å². The molecule has 0 bridgehead atoms. The molecular weight excluding hydrogens is 574 g/mol. The van der Waals surface area contributed by atoms with E-state index in [1.807, 2.05) is 0 Å². The Hall–Kier alpha value is -1.07. The highest BCUT2D eigenvalue weighted by Gasteiger charge is 2.44. The molecule has 0 aliphatic carbocycles. The summed E-state index contributed by atoms with van der Waals surface area (Å²) < 4.78 is 11.2. The molecule has 1 amide bonds. The van der Waals surface area contributed by atoms with Crippen molar-refractivity contribution in [1.82, 2.24) is 5.32 Å². The van der Waals surface area contributed by atoms with E-state index >= 15 is 0 Å². The van der Waals surface area contributed by atoms with E-state index in [2.05, 4.69) is 31.3 Å². The topological polar surface area (TPSA) is 149 Å². The second-order valence-corrected chi connectivity index (χ2v) is 13.0. The number of aliphatic hydroxyl groups is 5. The first kappa shape index (κ1) is 42.0. The number of carbonyl (C=O) groups is 1. The van der Waals surface area contributed by atoms with Gasteiger partial charge in [-0.3, -0.25) is 4.79 Å². The van der Waals surface area contributed by atoms with Gasteiger partial charge < -0.3 is 40.3 Å². The Morgan fingerprint density at radius 3 is 1.80 bits per heavy atom. The van der Waals surface area contributed by atoms with Gasteiger partial charge in [0.2, 0.25) is 5.91 Å². The summed E-state index contributed by atoms with van der Waals surface area (Å²) in [6.45, 7) is 3.74.